The van der Waals surface area contributed by atoms with Crippen molar-refractivity contribution < 1.29 is 57.2 Å². The van der Waals surface area contributed by atoms with Crippen LogP contribution in [0.2, 0.25) is 0 Å². The van der Waals surface area contributed by atoms with Crippen molar-refractivity contribution in [3.05, 3.63) is 59.7 Å². The Bertz CT molecular complexity index is 1370. The van der Waals surface area contributed by atoms with Crippen LogP contribution in [0, 0.1) is 0 Å². The van der Waals surface area contributed by atoms with Crippen LogP contribution in [0.25, 0.3) is 12.2 Å². The average Bonchev–Trinajstić information content (AvgIpc) is 2.93. The average molecular weight is 609 g/mol. The molecule has 0 saturated heterocycles. The van der Waals surface area contributed by atoms with Gasteiger partial charge >= 0.3 is 35.8 Å². The van der Waals surface area contributed by atoms with Gasteiger partial charge in [-0.25, -0.2) is 9.59 Å². The third-order valence-corrected chi connectivity index (χ3v) is 5.95. The molecule has 1 aliphatic rings. The van der Waals surface area contributed by atoms with Gasteiger partial charge in [-0.2, -0.15) is 0 Å². The highest BCUT2D eigenvalue weighted by molar-refractivity contribution is 5.88. The molecule has 0 heterocycles. The number of hydrogen-bond donors (Lipinski definition) is 0. The first-order chi connectivity index (χ1) is 20.9. The number of ether oxygens (including phenoxy) is 6. The number of hydrogen-bond acceptors (Lipinski definition) is 12. The summed E-state index contributed by atoms with van der Waals surface area (Å²) in [5.41, 5.74) is 0.951. The number of carbonyl (C=O) groups excluding carboxylic acids is 6. The molecule has 0 bridgehead atoms. The van der Waals surface area contributed by atoms with E-state index in [4.69, 9.17) is 28.4 Å². The van der Waals surface area contributed by atoms with Gasteiger partial charge in [-0.3, -0.25) is 19.2 Å². The molecule has 12 heteroatoms. The molecular formula is C32H32O12. The smallest absolute Gasteiger partial charge is 0.331 e. The molecule has 0 radical (unpaired) electrons. The van der Waals surface area contributed by atoms with Gasteiger partial charge in [0.25, 0.3) is 0 Å². The molecule has 0 aliphatic heterocycles. The Labute approximate surface area is 253 Å². The summed E-state index contributed by atoms with van der Waals surface area (Å²) in [6, 6.07) is 8.85. The predicted molar refractivity (Wildman–Crippen MR) is 154 cm³/mol. The Morgan fingerprint density at radius 2 is 0.886 bits per heavy atom. The van der Waals surface area contributed by atoms with Gasteiger partial charge in [0.1, 0.15) is 12.2 Å². The zero-order valence-corrected chi connectivity index (χ0v) is 24.7. The standard InChI is InChI=1S/C32H32O12/c1-19(33)39-27-13-9-23(17-29(27)41-21(3)35)11-15-31(37)43-25-7-5-6-8-26(25)44-32(38)16-12-24-10-14-28(40-20(2)34)30(18-24)42-22(4)36/h9-18,25-26H,5-8H2,1-4H3/b15-11+,16-12+. The monoisotopic (exact) mass is 608 g/mol. The van der Waals surface area contributed by atoms with E-state index in [1.165, 1.54) is 76.3 Å². The SMILES string of the molecule is CC(=O)Oc1ccc(/C=C/C(=O)OC2CCCCC2OC(=O)/C=C/c2ccc(OC(C)=O)c(OC(C)=O)c2)cc1OC(C)=O. The Kier molecular flexibility index (Phi) is 12.0. The molecule has 1 saturated carbocycles. The molecule has 232 valence electrons. The quantitative estimate of drug-likeness (QED) is 0.211. The van der Waals surface area contributed by atoms with Gasteiger partial charge in [0.05, 0.1) is 0 Å². The van der Waals surface area contributed by atoms with Crippen molar-refractivity contribution in [1.82, 2.24) is 0 Å². The molecule has 44 heavy (non-hydrogen) atoms. The molecule has 3 rings (SSSR count). The minimum atomic E-state index is -0.669. The molecule has 2 aromatic rings. The second-order valence-corrected chi connectivity index (χ2v) is 9.69. The number of rotatable bonds is 10. The van der Waals surface area contributed by atoms with Gasteiger partial charge in [0, 0.05) is 39.8 Å². The lowest BCUT2D eigenvalue weighted by molar-refractivity contribution is -0.165. The molecule has 0 N–H and O–H groups in total. The summed E-state index contributed by atoms with van der Waals surface area (Å²) < 4.78 is 31.4. The lowest BCUT2D eigenvalue weighted by Crippen LogP contribution is -2.37. The van der Waals surface area contributed by atoms with E-state index in [1.807, 2.05) is 0 Å². The van der Waals surface area contributed by atoms with E-state index in [2.05, 4.69) is 0 Å². The van der Waals surface area contributed by atoms with E-state index >= 15 is 0 Å². The van der Waals surface area contributed by atoms with Crippen LogP contribution in [0.3, 0.4) is 0 Å². The first-order valence-corrected chi connectivity index (χ1v) is 13.7. The zero-order valence-electron chi connectivity index (χ0n) is 24.7. The fourth-order valence-corrected chi connectivity index (χ4v) is 4.24. The Morgan fingerprint density at radius 3 is 1.23 bits per heavy atom. The largest absolute Gasteiger partial charge is 0.455 e. The summed E-state index contributed by atoms with van der Waals surface area (Å²) in [4.78, 5) is 70.7. The van der Waals surface area contributed by atoms with Crippen LogP contribution in [-0.2, 0) is 38.2 Å². The minimum absolute atomic E-state index is 0.0125. The number of benzene rings is 2. The van der Waals surface area contributed by atoms with Crippen LogP contribution in [0.1, 0.15) is 64.5 Å². The molecule has 0 aromatic heterocycles. The molecule has 2 aromatic carbocycles. The lowest BCUT2D eigenvalue weighted by Gasteiger charge is -2.30. The van der Waals surface area contributed by atoms with Gasteiger partial charge in [0.15, 0.2) is 23.0 Å². The summed E-state index contributed by atoms with van der Waals surface area (Å²) in [5, 5.41) is 0. The van der Waals surface area contributed by atoms with Crippen LogP contribution in [0.15, 0.2) is 48.6 Å². The fourth-order valence-electron chi connectivity index (χ4n) is 4.24. The Morgan fingerprint density at radius 1 is 0.545 bits per heavy atom. The molecular weight excluding hydrogens is 576 g/mol. The van der Waals surface area contributed by atoms with Crippen LogP contribution >= 0.6 is 0 Å². The molecule has 2 atom stereocenters. The topological polar surface area (TPSA) is 158 Å². The van der Waals surface area contributed by atoms with Crippen molar-refractivity contribution >= 4 is 48.0 Å². The molecule has 12 nitrogen and oxygen atoms in total. The highest BCUT2D eigenvalue weighted by atomic mass is 16.6. The predicted octanol–water partition coefficient (Wildman–Crippen LogP) is 4.51. The van der Waals surface area contributed by atoms with Gasteiger partial charge in [-0.15, -0.1) is 0 Å². The van der Waals surface area contributed by atoms with E-state index in [0.29, 0.717) is 24.0 Å². The first kappa shape index (κ1) is 33.2. The lowest BCUT2D eigenvalue weighted by atomic mass is 9.94. The second-order valence-electron chi connectivity index (χ2n) is 9.69. The molecule has 1 fully saturated rings. The van der Waals surface area contributed by atoms with Crippen LogP contribution in [-0.4, -0.2) is 48.0 Å². The van der Waals surface area contributed by atoms with Crippen LogP contribution < -0.4 is 18.9 Å². The van der Waals surface area contributed by atoms with Crippen molar-refractivity contribution in [3.63, 3.8) is 0 Å². The van der Waals surface area contributed by atoms with E-state index < -0.39 is 48.0 Å². The summed E-state index contributed by atoms with van der Waals surface area (Å²) in [7, 11) is 0. The third-order valence-electron chi connectivity index (χ3n) is 5.95. The Balaban J connectivity index is 1.64. The number of carbonyl (C=O) groups is 6. The summed E-state index contributed by atoms with van der Waals surface area (Å²) in [6.07, 6.45) is 6.48. The van der Waals surface area contributed by atoms with Crippen molar-refractivity contribution in [1.29, 1.82) is 0 Å². The van der Waals surface area contributed by atoms with Crippen molar-refractivity contribution in [2.24, 2.45) is 0 Å². The molecule has 2 unspecified atom stereocenters. The van der Waals surface area contributed by atoms with Gasteiger partial charge in [0.2, 0.25) is 0 Å². The van der Waals surface area contributed by atoms with Crippen molar-refractivity contribution in [2.75, 3.05) is 0 Å². The van der Waals surface area contributed by atoms with E-state index in [9.17, 15) is 28.8 Å². The zero-order chi connectivity index (χ0) is 32.2. The maximum Gasteiger partial charge on any atom is 0.331 e. The minimum Gasteiger partial charge on any atom is -0.455 e. The van der Waals surface area contributed by atoms with Gasteiger partial charge in [-0.1, -0.05) is 12.1 Å². The highest BCUT2D eigenvalue weighted by Gasteiger charge is 2.30. The first-order valence-electron chi connectivity index (χ1n) is 13.7. The van der Waals surface area contributed by atoms with E-state index in [0.717, 1.165) is 12.8 Å². The third kappa shape index (κ3) is 10.9. The Hall–Kier alpha value is -5.26. The fraction of sp³-hybridized carbons (Fsp3) is 0.312. The van der Waals surface area contributed by atoms with Gasteiger partial charge in [-0.05, 0) is 73.2 Å². The normalized spacial score (nSPS) is 16.2. The molecule has 0 amide bonds. The summed E-state index contributed by atoms with van der Waals surface area (Å²) in [6.45, 7) is 4.82. The number of esters is 6. The van der Waals surface area contributed by atoms with Crippen molar-refractivity contribution in [2.45, 2.75) is 65.6 Å². The van der Waals surface area contributed by atoms with E-state index in [1.54, 1.807) is 12.1 Å². The van der Waals surface area contributed by atoms with Crippen LogP contribution in [0.4, 0.5) is 0 Å². The van der Waals surface area contributed by atoms with Crippen molar-refractivity contribution in [3.8, 4) is 23.0 Å². The maximum absolute atomic E-state index is 12.6. The molecule has 1 aliphatic carbocycles. The van der Waals surface area contributed by atoms with E-state index in [-0.39, 0.29) is 23.0 Å². The van der Waals surface area contributed by atoms with Gasteiger partial charge < -0.3 is 28.4 Å². The molecule has 0 spiro atoms. The second kappa shape index (κ2) is 15.8. The highest BCUT2D eigenvalue weighted by Crippen LogP contribution is 2.31. The van der Waals surface area contributed by atoms with Crippen LogP contribution in [0.5, 0.6) is 23.0 Å². The summed E-state index contributed by atoms with van der Waals surface area (Å²) in [5.74, 6) is -3.62. The summed E-state index contributed by atoms with van der Waals surface area (Å²) >= 11 is 0. The maximum atomic E-state index is 12.6.